The molecule has 1 aliphatic rings. The van der Waals surface area contributed by atoms with E-state index in [0.717, 1.165) is 21.6 Å². The van der Waals surface area contributed by atoms with E-state index >= 15 is 0 Å². The number of amides is 1. The second-order valence-electron chi connectivity index (χ2n) is 7.54. The molecule has 0 spiro atoms. The maximum atomic E-state index is 13.0. The Hall–Kier alpha value is -3.45. The predicted molar refractivity (Wildman–Crippen MR) is 122 cm³/mol. The van der Waals surface area contributed by atoms with Gasteiger partial charge in [-0.2, -0.15) is 0 Å². The number of aryl methyl sites for hydroxylation is 1. The van der Waals surface area contributed by atoms with E-state index in [2.05, 4.69) is 5.32 Å². The number of rotatable bonds is 5. The maximum Gasteiger partial charge on any atom is 0.341 e. The Morgan fingerprint density at radius 2 is 1.91 bits per heavy atom. The van der Waals surface area contributed by atoms with Crippen molar-refractivity contribution in [2.75, 3.05) is 11.9 Å². The van der Waals surface area contributed by atoms with Crippen LogP contribution in [-0.4, -0.2) is 24.5 Å². The summed E-state index contributed by atoms with van der Waals surface area (Å²) in [4.78, 5) is 38.8. The fourth-order valence-corrected chi connectivity index (χ4v) is 4.77. The summed E-state index contributed by atoms with van der Waals surface area (Å²) in [5.41, 5.74) is 3.71. The number of cyclic esters (lactones) is 1. The first-order valence-electron chi connectivity index (χ1n) is 10.4. The van der Waals surface area contributed by atoms with Crippen LogP contribution < -0.4 is 5.32 Å². The molecule has 0 saturated heterocycles. The van der Waals surface area contributed by atoms with Gasteiger partial charge in [-0.05, 0) is 55.7 Å². The monoisotopic (exact) mass is 449 g/mol. The van der Waals surface area contributed by atoms with Crippen molar-refractivity contribution in [3.8, 4) is 0 Å². The molecule has 1 unspecified atom stereocenters. The van der Waals surface area contributed by atoms with Gasteiger partial charge in [0, 0.05) is 16.9 Å². The first kappa shape index (κ1) is 21.8. The molecule has 32 heavy (non-hydrogen) atoms. The molecule has 7 heteroatoms. The molecule has 0 radical (unpaired) electrons. The van der Waals surface area contributed by atoms with E-state index in [-0.39, 0.29) is 12.5 Å². The van der Waals surface area contributed by atoms with Crippen LogP contribution in [0.25, 0.3) is 0 Å². The van der Waals surface area contributed by atoms with Gasteiger partial charge in [-0.1, -0.05) is 30.3 Å². The largest absolute Gasteiger partial charge is 0.462 e. The Kier molecular flexibility index (Phi) is 6.10. The van der Waals surface area contributed by atoms with Crippen LogP contribution in [0.1, 0.15) is 65.7 Å². The fourth-order valence-electron chi connectivity index (χ4n) is 3.73. The Morgan fingerprint density at radius 3 is 2.62 bits per heavy atom. The normalized spacial score (nSPS) is 15.0. The molecule has 1 amide bonds. The Labute approximate surface area is 190 Å². The van der Waals surface area contributed by atoms with E-state index in [1.54, 1.807) is 25.1 Å². The molecule has 3 aromatic rings. The lowest BCUT2D eigenvalue weighted by atomic mass is 9.93. The fraction of sp³-hybridized carbons (Fsp3) is 0.240. The standard InChI is InChI=1S/C25H23NO5S/c1-4-30-25(29)21-14(2)15(3)32-23(21)26-22(27)17-10-11-19-18(12-17)13-20(31-24(19)28)16-8-6-5-7-9-16/h5-12,20H,4,13H2,1-3H3,(H,26,27). The van der Waals surface area contributed by atoms with E-state index in [9.17, 15) is 14.4 Å². The van der Waals surface area contributed by atoms with E-state index < -0.39 is 18.0 Å². The van der Waals surface area contributed by atoms with Crippen LogP contribution in [0.5, 0.6) is 0 Å². The summed E-state index contributed by atoms with van der Waals surface area (Å²) < 4.78 is 10.7. The number of ether oxygens (including phenoxy) is 2. The molecular formula is C25H23NO5S. The molecule has 0 bridgehead atoms. The zero-order valence-electron chi connectivity index (χ0n) is 18.1. The van der Waals surface area contributed by atoms with Gasteiger partial charge in [0.1, 0.15) is 11.1 Å². The van der Waals surface area contributed by atoms with Crippen molar-refractivity contribution >= 4 is 34.2 Å². The number of hydrogen-bond donors (Lipinski definition) is 1. The summed E-state index contributed by atoms with van der Waals surface area (Å²) in [5.74, 6) is -1.21. The van der Waals surface area contributed by atoms with Crippen molar-refractivity contribution in [2.24, 2.45) is 0 Å². The number of nitrogens with one attached hydrogen (secondary N) is 1. The molecule has 0 aliphatic carbocycles. The quantitative estimate of drug-likeness (QED) is 0.538. The van der Waals surface area contributed by atoms with Crippen molar-refractivity contribution in [1.82, 2.24) is 0 Å². The third-order valence-corrected chi connectivity index (χ3v) is 6.63. The molecular weight excluding hydrogens is 426 g/mol. The molecule has 1 N–H and O–H groups in total. The van der Waals surface area contributed by atoms with Gasteiger partial charge in [0.05, 0.1) is 17.7 Å². The summed E-state index contributed by atoms with van der Waals surface area (Å²) in [6, 6.07) is 14.5. The van der Waals surface area contributed by atoms with Gasteiger partial charge in [0.15, 0.2) is 0 Å². The topological polar surface area (TPSA) is 81.7 Å². The van der Waals surface area contributed by atoms with E-state index in [4.69, 9.17) is 9.47 Å². The summed E-state index contributed by atoms with van der Waals surface area (Å²) in [5, 5.41) is 3.31. The minimum atomic E-state index is -0.455. The number of esters is 2. The van der Waals surface area contributed by atoms with Crippen LogP contribution in [0, 0.1) is 13.8 Å². The number of thiophene rings is 1. The van der Waals surface area contributed by atoms with Crippen molar-refractivity contribution in [2.45, 2.75) is 33.3 Å². The molecule has 164 valence electrons. The lowest BCUT2D eigenvalue weighted by molar-refractivity contribution is 0.0252. The summed E-state index contributed by atoms with van der Waals surface area (Å²) in [6.07, 6.45) is 0.0878. The maximum absolute atomic E-state index is 13.0. The van der Waals surface area contributed by atoms with Crippen molar-refractivity contribution in [1.29, 1.82) is 0 Å². The van der Waals surface area contributed by atoms with Crippen LogP contribution in [0.4, 0.5) is 5.00 Å². The molecule has 1 aliphatic heterocycles. The first-order chi connectivity index (χ1) is 15.4. The van der Waals surface area contributed by atoms with Crippen LogP contribution >= 0.6 is 11.3 Å². The van der Waals surface area contributed by atoms with E-state index in [1.165, 1.54) is 11.3 Å². The van der Waals surface area contributed by atoms with Gasteiger partial charge in [-0.25, -0.2) is 9.59 Å². The molecule has 4 rings (SSSR count). The lowest BCUT2D eigenvalue weighted by Crippen LogP contribution is -2.23. The third kappa shape index (κ3) is 4.16. The average molecular weight is 450 g/mol. The summed E-state index contributed by atoms with van der Waals surface area (Å²) >= 11 is 1.34. The number of benzene rings is 2. The first-order valence-corrected chi connectivity index (χ1v) is 11.2. The van der Waals surface area contributed by atoms with E-state index in [0.29, 0.717) is 28.1 Å². The summed E-state index contributed by atoms with van der Waals surface area (Å²) in [6.45, 7) is 5.73. The van der Waals surface area contributed by atoms with E-state index in [1.807, 2.05) is 44.2 Å². The van der Waals surface area contributed by atoms with Gasteiger partial charge in [-0.15, -0.1) is 11.3 Å². The van der Waals surface area contributed by atoms with Crippen LogP contribution in [-0.2, 0) is 15.9 Å². The SMILES string of the molecule is CCOC(=O)c1c(NC(=O)c2ccc3c(c2)CC(c2ccccc2)OC3=O)sc(C)c1C. The molecule has 1 aromatic heterocycles. The zero-order valence-corrected chi connectivity index (χ0v) is 18.9. The van der Waals surface area contributed by atoms with Crippen molar-refractivity contribution in [3.63, 3.8) is 0 Å². The number of carbonyl (C=O) groups is 3. The third-order valence-electron chi connectivity index (χ3n) is 5.51. The van der Waals surface area contributed by atoms with Crippen LogP contribution in [0.2, 0.25) is 0 Å². The smallest absolute Gasteiger partial charge is 0.341 e. The Bertz CT molecular complexity index is 1200. The molecule has 2 heterocycles. The molecule has 6 nitrogen and oxygen atoms in total. The number of anilines is 1. The van der Waals surface area contributed by atoms with Gasteiger partial charge in [-0.3, -0.25) is 4.79 Å². The molecule has 0 fully saturated rings. The number of fused-ring (bicyclic) bond motifs is 1. The van der Waals surface area contributed by atoms with Crippen molar-refractivity contribution in [3.05, 3.63) is 86.8 Å². The second-order valence-corrected chi connectivity index (χ2v) is 8.77. The zero-order chi connectivity index (χ0) is 22.8. The Balaban J connectivity index is 1.60. The highest BCUT2D eigenvalue weighted by Gasteiger charge is 2.29. The highest BCUT2D eigenvalue weighted by molar-refractivity contribution is 7.16. The van der Waals surface area contributed by atoms with Gasteiger partial charge in [0.2, 0.25) is 0 Å². The minimum absolute atomic E-state index is 0.254. The predicted octanol–water partition coefficient (Wildman–Crippen LogP) is 5.25. The van der Waals surface area contributed by atoms with Gasteiger partial charge >= 0.3 is 11.9 Å². The lowest BCUT2D eigenvalue weighted by Gasteiger charge is -2.25. The molecule has 1 atom stereocenters. The van der Waals surface area contributed by atoms with Crippen LogP contribution in [0.15, 0.2) is 48.5 Å². The second kappa shape index (κ2) is 8.96. The summed E-state index contributed by atoms with van der Waals surface area (Å²) in [7, 11) is 0. The average Bonchev–Trinajstić information content (AvgIpc) is 3.07. The highest BCUT2D eigenvalue weighted by Crippen LogP contribution is 2.34. The van der Waals surface area contributed by atoms with Crippen LogP contribution in [0.3, 0.4) is 0 Å². The van der Waals surface area contributed by atoms with Gasteiger partial charge in [0.25, 0.3) is 5.91 Å². The molecule has 2 aromatic carbocycles. The minimum Gasteiger partial charge on any atom is -0.462 e. The highest BCUT2D eigenvalue weighted by atomic mass is 32.1. The van der Waals surface area contributed by atoms with Gasteiger partial charge < -0.3 is 14.8 Å². The number of carbonyl (C=O) groups excluding carboxylic acids is 3. The van der Waals surface area contributed by atoms with Crippen molar-refractivity contribution < 1.29 is 23.9 Å². The molecule has 0 saturated carbocycles. The number of hydrogen-bond acceptors (Lipinski definition) is 6. The Morgan fingerprint density at radius 1 is 1.16 bits per heavy atom.